The summed E-state index contributed by atoms with van der Waals surface area (Å²) in [5.74, 6) is -0.589. The number of carbonyl (C=O) groups excluding carboxylic acids is 2. The van der Waals surface area contributed by atoms with Gasteiger partial charge in [0, 0.05) is 30.2 Å². The fourth-order valence-corrected chi connectivity index (χ4v) is 2.80. The summed E-state index contributed by atoms with van der Waals surface area (Å²) >= 11 is 0. The number of benzene rings is 2. The number of rotatable bonds is 9. The third-order valence-corrected chi connectivity index (χ3v) is 4.10. The molecule has 7 nitrogen and oxygen atoms in total. The Morgan fingerprint density at radius 3 is 2.67 bits per heavy atom. The molecule has 0 bridgehead atoms. The number of alkyl halides is 2. The number of para-hydroxylation sites is 1. The first-order chi connectivity index (χ1) is 14.5. The van der Waals surface area contributed by atoms with Crippen LogP contribution in [0.3, 0.4) is 0 Å². The van der Waals surface area contributed by atoms with E-state index in [1.54, 1.807) is 60.9 Å². The molecule has 0 aliphatic rings. The highest BCUT2D eigenvalue weighted by molar-refractivity contribution is 5.90. The van der Waals surface area contributed by atoms with E-state index in [9.17, 15) is 18.4 Å². The van der Waals surface area contributed by atoms with Crippen molar-refractivity contribution in [1.82, 2.24) is 15.1 Å². The summed E-state index contributed by atoms with van der Waals surface area (Å²) in [5.41, 5.74) is 1.74. The van der Waals surface area contributed by atoms with E-state index in [2.05, 4.69) is 20.5 Å². The molecule has 0 atom stereocenters. The lowest BCUT2D eigenvalue weighted by Crippen LogP contribution is -2.25. The smallest absolute Gasteiger partial charge is 0.387 e. The summed E-state index contributed by atoms with van der Waals surface area (Å²) < 4.78 is 30.9. The van der Waals surface area contributed by atoms with Crippen molar-refractivity contribution >= 4 is 17.5 Å². The van der Waals surface area contributed by atoms with Crippen LogP contribution in [-0.4, -0.2) is 28.2 Å². The maximum Gasteiger partial charge on any atom is 0.387 e. The highest BCUT2D eigenvalue weighted by Crippen LogP contribution is 2.20. The number of nitrogens with zero attached hydrogens (tertiary/aromatic N) is 2. The second kappa shape index (κ2) is 10.1. The molecular weight excluding hydrogens is 394 g/mol. The molecule has 156 valence electrons. The van der Waals surface area contributed by atoms with Gasteiger partial charge in [-0.3, -0.25) is 14.3 Å². The Balaban J connectivity index is 1.53. The predicted octanol–water partition coefficient (Wildman–Crippen LogP) is 2.98. The quantitative estimate of drug-likeness (QED) is 0.564. The lowest BCUT2D eigenvalue weighted by molar-refractivity contribution is -0.120. The van der Waals surface area contributed by atoms with E-state index in [0.717, 1.165) is 5.56 Å². The van der Waals surface area contributed by atoms with Crippen LogP contribution in [0.15, 0.2) is 67.0 Å². The monoisotopic (exact) mass is 414 g/mol. The average molecular weight is 414 g/mol. The van der Waals surface area contributed by atoms with Crippen LogP contribution in [0.1, 0.15) is 11.1 Å². The van der Waals surface area contributed by atoms with Crippen LogP contribution in [0.5, 0.6) is 5.75 Å². The number of hydrogen-bond donors (Lipinski definition) is 2. The van der Waals surface area contributed by atoms with Gasteiger partial charge in [0.1, 0.15) is 12.3 Å². The van der Waals surface area contributed by atoms with Gasteiger partial charge in [0.15, 0.2) is 0 Å². The van der Waals surface area contributed by atoms with Crippen molar-refractivity contribution in [2.24, 2.45) is 0 Å². The minimum atomic E-state index is -2.96. The number of halogens is 2. The van der Waals surface area contributed by atoms with E-state index in [4.69, 9.17) is 0 Å². The molecule has 0 aliphatic heterocycles. The van der Waals surface area contributed by atoms with E-state index < -0.39 is 6.61 Å². The van der Waals surface area contributed by atoms with Crippen molar-refractivity contribution in [1.29, 1.82) is 0 Å². The van der Waals surface area contributed by atoms with Crippen molar-refractivity contribution in [2.75, 3.05) is 5.32 Å². The van der Waals surface area contributed by atoms with Gasteiger partial charge in [-0.1, -0.05) is 30.3 Å². The number of hydrogen-bond acceptors (Lipinski definition) is 4. The number of anilines is 1. The number of carbonyl (C=O) groups is 2. The predicted molar refractivity (Wildman–Crippen MR) is 106 cm³/mol. The summed E-state index contributed by atoms with van der Waals surface area (Å²) in [6.07, 6.45) is 3.19. The number of amides is 2. The van der Waals surface area contributed by atoms with Crippen molar-refractivity contribution in [2.45, 2.75) is 26.1 Å². The second-order valence-electron chi connectivity index (χ2n) is 6.39. The Kier molecular flexibility index (Phi) is 7.09. The highest BCUT2D eigenvalue weighted by Gasteiger charge is 2.12. The summed E-state index contributed by atoms with van der Waals surface area (Å²) in [6.45, 7) is -2.64. The first-order valence-corrected chi connectivity index (χ1v) is 9.15. The molecule has 3 aromatic rings. The molecule has 0 saturated carbocycles. The van der Waals surface area contributed by atoms with Gasteiger partial charge in [0.2, 0.25) is 11.8 Å². The van der Waals surface area contributed by atoms with Crippen molar-refractivity contribution < 1.29 is 23.1 Å². The topological polar surface area (TPSA) is 85.3 Å². The van der Waals surface area contributed by atoms with E-state index >= 15 is 0 Å². The van der Waals surface area contributed by atoms with E-state index in [0.29, 0.717) is 11.3 Å². The molecule has 1 aromatic heterocycles. The van der Waals surface area contributed by atoms with Crippen LogP contribution in [-0.2, 0) is 29.1 Å². The number of nitrogens with one attached hydrogen (secondary N) is 2. The van der Waals surface area contributed by atoms with Gasteiger partial charge in [-0.05, 0) is 29.8 Å². The Morgan fingerprint density at radius 1 is 1.07 bits per heavy atom. The van der Waals surface area contributed by atoms with Gasteiger partial charge in [-0.25, -0.2) is 0 Å². The maximum atomic E-state index is 12.5. The third-order valence-electron chi connectivity index (χ3n) is 4.10. The normalized spacial score (nSPS) is 10.6. The molecule has 0 spiro atoms. The van der Waals surface area contributed by atoms with Gasteiger partial charge in [0.05, 0.1) is 6.42 Å². The van der Waals surface area contributed by atoms with Crippen molar-refractivity contribution in [3.8, 4) is 5.75 Å². The molecule has 2 N–H and O–H groups in total. The lowest BCUT2D eigenvalue weighted by Gasteiger charge is -2.11. The summed E-state index contributed by atoms with van der Waals surface area (Å²) in [5, 5.41) is 9.49. The van der Waals surface area contributed by atoms with Crippen molar-refractivity contribution in [3.05, 3.63) is 78.1 Å². The van der Waals surface area contributed by atoms with Gasteiger partial charge >= 0.3 is 6.61 Å². The fraction of sp³-hybridized carbons (Fsp3) is 0.190. The summed E-state index contributed by atoms with van der Waals surface area (Å²) in [6, 6.07) is 14.9. The molecule has 30 heavy (non-hydrogen) atoms. The number of ether oxygens (including phenoxy) is 1. The Hall–Kier alpha value is -3.75. The molecule has 0 unspecified atom stereocenters. The SMILES string of the molecule is O=C(Cc1ccccc1OC(F)F)NCc1cccc(NC(=O)Cn2cccn2)c1. The molecular formula is C21H20F2N4O3. The maximum absolute atomic E-state index is 12.5. The Bertz CT molecular complexity index is 993. The molecule has 3 rings (SSSR count). The summed E-state index contributed by atoms with van der Waals surface area (Å²) in [4.78, 5) is 24.3. The Labute approximate surface area is 171 Å². The molecule has 0 fully saturated rings. The summed E-state index contributed by atoms with van der Waals surface area (Å²) in [7, 11) is 0. The molecule has 0 aliphatic carbocycles. The van der Waals surface area contributed by atoms with Crippen LogP contribution in [0, 0.1) is 0 Å². The molecule has 9 heteroatoms. The van der Waals surface area contributed by atoms with Gasteiger partial charge < -0.3 is 15.4 Å². The van der Waals surface area contributed by atoms with E-state index in [-0.39, 0.29) is 37.1 Å². The molecule has 1 heterocycles. The minimum absolute atomic E-state index is 0.0236. The van der Waals surface area contributed by atoms with E-state index in [1.165, 1.54) is 10.7 Å². The molecule has 0 saturated heterocycles. The van der Waals surface area contributed by atoms with E-state index in [1.807, 2.05) is 0 Å². The standard InChI is InChI=1S/C21H20F2N4O3/c22-21(23)30-18-8-2-1-6-16(18)12-19(28)24-13-15-5-3-7-17(11-15)26-20(29)14-27-10-4-9-25-27/h1-11,21H,12-14H2,(H,24,28)(H,26,29). The number of aromatic nitrogens is 2. The lowest BCUT2D eigenvalue weighted by atomic mass is 10.1. The van der Waals surface area contributed by atoms with Crippen LogP contribution in [0.2, 0.25) is 0 Å². The largest absolute Gasteiger partial charge is 0.435 e. The first kappa shape index (κ1) is 21.0. The van der Waals surface area contributed by atoms with Crippen LogP contribution < -0.4 is 15.4 Å². The molecule has 2 amide bonds. The second-order valence-corrected chi connectivity index (χ2v) is 6.39. The van der Waals surface area contributed by atoms with Gasteiger partial charge in [-0.2, -0.15) is 13.9 Å². The zero-order chi connectivity index (χ0) is 21.3. The van der Waals surface area contributed by atoms with Crippen LogP contribution in [0.4, 0.5) is 14.5 Å². The average Bonchev–Trinajstić information content (AvgIpc) is 3.21. The fourth-order valence-electron chi connectivity index (χ4n) is 2.80. The van der Waals surface area contributed by atoms with Crippen LogP contribution in [0.25, 0.3) is 0 Å². The highest BCUT2D eigenvalue weighted by atomic mass is 19.3. The molecule has 0 radical (unpaired) electrons. The van der Waals surface area contributed by atoms with Crippen LogP contribution >= 0.6 is 0 Å². The van der Waals surface area contributed by atoms with Gasteiger partial charge in [-0.15, -0.1) is 0 Å². The van der Waals surface area contributed by atoms with Gasteiger partial charge in [0.25, 0.3) is 0 Å². The molecule has 2 aromatic carbocycles. The van der Waals surface area contributed by atoms with Crippen molar-refractivity contribution in [3.63, 3.8) is 0 Å². The minimum Gasteiger partial charge on any atom is -0.435 e. The zero-order valence-corrected chi connectivity index (χ0v) is 15.9. The first-order valence-electron chi connectivity index (χ1n) is 9.15. The Morgan fingerprint density at radius 2 is 1.90 bits per heavy atom. The third kappa shape index (κ3) is 6.40. The zero-order valence-electron chi connectivity index (χ0n) is 15.9.